The number of halogens is 1. The van der Waals surface area contributed by atoms with Crippen molar-refractivity contribution in [2.24, 2.45) is 17.8 Å². The molecule has 1 heterocycles. The van der Waals surface area contributed by atoms with Gasteiger partial charge in [-0.2, -0.15) is 0 Å². The summed E-state index contributed by atoms with van der Waals surface area (Å²) in [6, 6.07) is 0. The van der Waals surface area contributed by atoms with Crippen molar-refractivity contribution in [2.75, 3.05) is 0 Å². The van der Waals surface area contributed by atoms with Crippen molar-refractivity contribution >= 4 is 28.6 Å². The lowest BCUT2D eigenvalue weighted by Gasteiger charge is -2.22. The summed E-state index contributed by atoms with van der Waals surface area (Å²) in [5.74, 6) is 0.683. The van der Waals surface area contributed by atoms with Crippen molar-refractivity contribution in [2.45, 2.75) is 44.1 Å². The maximum Gasteiger partial charge on any atom is 0.310 e. The van der Waals surface area contributed by atoms with Gasteiger partial charge in [0.1, 0.15) is 6.10 Å². The standard InChI is InChI=1S/C13H21IO2/c1-5-7-10(6-2)11-8(3)12(9(4)14)16-13(11)15/h5,7-12H,6H2,1-4H3/b7-5+/t8-,9-,10+,11+,12+/m0/s1. The summed E-state index contributed by atoms with van der Waals surface area (Å²) in [5.41, 5.74) is 0. The van der Waals surface area contributed by atoms with E-state index in [0.717, 1.165) is 6.42 Å². The average molecular weight is 336 g/mol. The van der Waals surface area contributed by atoms with E-state index in [4.69, 9.17) is 4.74 Å². The van der Waals surface area contributed by atoms with E-state index < -0.39 is 0 Å². The van der Waals surface area contributed by atoms with E-state index in [1.807, 2.05) is 13.0 Å². The van der Waals surface area contributed by atoms with Crippen molar-refractivity contribution in [3.63, 3.8) is 0 Å². The lowest BCUT2D eigenvalue weighted by molar-refractivity contribution is -0.144. The number of cyclic esters (lactones) is 1. The fourth-order valence-corrected chi connectivity index (χ4v) is 3.37. The van der Waals surface area contributed by atoms with Crippen LogP contribution >= 0.6 is 22.6 Å². The Morgan fingerprint density at radius 3 is 2.56 bits per heavy atom. The number of hydrogen-bond donors (Lipinski definition) is 0. The number of rotatable bonds is 4. The lowest BCUT2D eigenvalue weighted by atomic mass is 9.80. The second-order valence-corrected chi connectivity index (χ2v) is 6.53. The summed E-state index contributed by atoms with van der Waals surface area (Å²) in [7, 11) is 0. The highest BCUT2D eigenvalue weighted by molar-refractivity contribution is 14.1. The number of ether oxygens (including phenoxy) is 1. The minimum absolute atomic E-state index is 0.00836. The predicted molar refractivity (Wildman–Crippen MR) is 74.6 cm³/mol. The molecule has 0 unspecified atom stereocenters. The van der Waals surface area contributed by atoms with Gasteiger partial charge in [0.2, 0.25) is 0 Å². The Labute approximate surface area is 112 Å². The van der Waals surface area contributed by atoms with E-state index in [1.165, 1.54) is 0 Å². The molecule has 0 aliphatic carbocycles. The van der Waals surface area contributed by atoms with Crippen molar-refractivity contribution in [3.05, 3.63) is 12.2 Å². The molecule has 0 aromatic carbocycles. The zero-order valence-corrected chi connectivity index (χ0v) is 12.6. The number of alkyl halides is 1. The minimum Gasteiger partial charge on any atom is -0.461 e. The van der Waals surface area contributed by atoms with Gasteiger partial charge in [-0.1, -0.05) is 48.6 Å². The van der Waals surface area contributed by atoms with Gasteiger partial charge in [-0.25, -0.2) is 0 Å². The molecule has 0 radical (unpaired) electrons. The maximum absolute atomic E-state index is 11.9. The third-order valence-corrected chi connectivity index (χ3v) is 4.14. The Bertz CT molecular complexity index is 273. The molecule has 0 saturated carbocycles. The first-order valence-electron chi connectivity index (χ1n) is 6.00. The van der Waals surface area contributed by atoms with Crippen molar-refractivity contribution in [3.8, 4) is 0 Å². The molecule has 0 amide bonds. The topological polar surface area (TPSA) is 26.3 Å². The quantitative estimate of drug-likeness (QED) is 0.339. The van der Waals surface area contributed by atoms with Gasteiger partial charge in [-0.15, -0.1) is 0 Å². The van der Waals surface area contributed by atoms with Crippen LogP contribution in [0.4, 0.5) is 0 Å². The van der Waals surface area contributed by atoms with Crippen LogP contribution < -0.4 is 0 Å². The fourth-order valence-electron chi connectivity index (χ4n) is 2.57. The first-order valence-corrected chi connectivity index (χ1v) is 7.24. The summed E-state index contributed by atoms with van der Waals surface area (Å²) < 4.78 is 5.88. The molecule has 5 atom stereocenters. The third kappa shape index (κ3) is 2.79. The fraction of sp³-hybridized carbons (Fsp3) is 0.769. The Morgan fingerprint density at radius 2 is 2.19 bits per heavy atom. The molecule has 0 N–H and O–H groups in total. The van der Waals surface area contributed by atoms with Crippen LogP contribution in [0.5, 0.6) is 0 Å². The number of esters is 1. The summed E-state index contributed by atoms with van der Waals surface area (Å²) in [5, 5.41) is 0. The van der Waals surface area contributed by atoms with Crippen LogP contribution in [-0.4, -0.2) is 16.0 Å². The van der Waals surface area contributed by atoms with E-state index >= 15 is 0 Å². The number of allylic oxidation sites excluding steroid dienone is 2. The molecule has 1 rings (SSSR count). The molecule has 2 nitrogen and oxygen atoms in total. The van der Waals surface area contributed by atoms with Crippen LogP contribution in [0.2, 0.25) is 0 Å². The van der Waals surface area contributed by atoms with Crippen LogP contribution in [0, 0.1) is 17.8 Å². The summed E-state index contributed by atoms with van der Waals surface area (Å²) in [6.07, 6.45) is 5.26. The van der Waals surface area contributed by atoms with E-state index in [1.54, 1.807) is 0 Å². The smallest absolute Gasteiger partial charge is 0.310 e. The van der Waals surface area contributed by atoms with Gasteiger partial charge in [-0.05, 0) is 26.2 Å². The molecule has 1 aliphatic rings. The normalized spacial score (nSPS) is 34.1. The van der Waals surface area contributed by atoms with E-state index in [9.17, 15) is 4.79 Å². The second kappa shape index (κ2) is 6.03. The van der Waals surface area contributed by atoms with Gasteiger partial charge in [0.25, 0.3) is 0 Å². The van der Waals surface area contributed by atoms with Crippen LogP contribution in [0.25, 0.3) is 0 Å². The molecule has 1 fully saturated rings. The monoisotopic (exact) mass is 336 g/mol. The first-order chi connectivity index (χ1) is 7.52. The van der Waals surface area contributed by atoms with Gasteiger partial charge >= 0.3 is 5.97 Å². The minimum atomic E-state index is -0.00836. The highest BCUT2D eigenvalue weighted by Gasteiger charge is 2.45. The zero-order chi connectivity index (χ0) is 12.3. The molecule has 1 aliphatic heterocycles. The lowest BCUT2D eigenvalue weighted by Crippen LogP contribution is -2.27. The average Bonchev–Trinajstić information content (AvgIpc) is 2.52. The number of carbonyl (C=O) groups is 1. The van der Waals surface area contributed by atoms with Crippen molar-refractivity contribution in [1.82, 2.24) is 0 Å². The maximum atomic E-state index is 11.9. The Kier molecular flexibility index (Phi) is 5.28. The summed E-state index contributed by atoms with van der Waals surface area (Å²) in [6.45, 7) is 8.38. The van der Waals surface area contributed by atoms with Crippen molar-refractivity contribution < 1.29 is 9.53 Å². The summed E-state index contributed by atoms with van der Waals surface area (Å²) in [4.78, 5) is 11.9. The Balaban J connectivity index is 2.84. The molecule has 0 bridgehead atoms. The van der Waals surface area contributed by atoms with Crippen LogP contribution in [0.1, 0.15) is 34.1 Å². The molecule has 92 valence electrons. The molecule has 0 spiro atoms. The molecule has 1 saturated heterocycles. The van der Waals surface area contributed by atoms with E-state index in [0.29, 0.717) is 15.8 Å². The van der Waals surface area contributed by atoms with Crippen molar-refractivity contribution in [1.29, 1.82) is 0 Å². The predicted octanol–water partition coefficient (Wildman–Crippen LogP) is 3.59. The van der Waals surface area contributed by atoms with Gasteiger partial charge in [0.05, 0.1) is 5.92 Å². The van der Waals surface area contributed by atoms with Gasteiger partial charge in [0, 0.05) is 9.84 Å². The Morgan fingerprint density at radius 1 is 1.56 bits per heavy atom. The summed E-state index contributed by atoms with van der Waals surface area (Å²) >= 11 is 2.34. The highest BCUT2D eigenvalue weighted by Crippen LogP contribution is 2.38. The molecular weight excluding hydrogens is 315 g/mol. The van der Waals surface area contributed by atoms with Crippen LogP contribution in [-0.2, 0) is 9.53 Å². The molecule has 0 aromatic rings. The largest absolute Gasteiger partial charge is 0.461 e. The first kappa shape index (κ1) is 14.0. The van der Waals surface area contributed by atoms with Crippen LogP contribution in [0.3, 0.4) is 0 Å². The van der Waals surface area contributed by atoms with Crippen LogP contribution in [0.15, 0.2) is 12.2 Å². The number of hydrogen-bond acceptors (Lipinski definition) is 2. The Hall–Kier alpha value is -0.0600. The van der Waals surface area contributed by atoms with Gasteiger partial charge < -0.3 is 4.74 Å². The highest BCUT2D eigenvalue weighted by atomic mass is 127. The number of carbonyl (C=O) groups excluding carboxylic acids is 1. The third-order valence-electron chi connectivity index (χ3n) is 3.43. The molecule has 3 heteroatoms. The second-order valence-electron chi connectivity index (χ2n) is 4.56. The zero-order valence-electron chi connectivity index (χ0n) is 10.4. The van der Waals surface area contributed by atoms with E-state index in [-0.39, 0.29) is 18.0 Å². The molecule has 0 aromatic heterocycles. The van der Waals surface area contributed by atoms with E-state index in [2.05, 4.69) is 49.4 Å². The van der Waals surface area contributed by atoms with Gasteiger partial charge in [0.15, 0.2) is 0 Å². The van der Waals surface area contributed by atoms with Gasteiger partial charge in [-0.3, -0.25) is 4.79 Å². The molecular formula is C13H21IO2. The molecule has 16 heavy (non-hydrogen) atoms. The SMILES string of the molecule is C/C=C/[C@@H](CC)[C@@H]1C(=O)O[C@@H]([C@H](C)I)[C@H]1C.